The molecule has 2 rings (SSSR count). The maximum absolute atomic E-state index is 12.7. The molecule has 0 aliphatic carbocycles. The Morgan fingerprint density at radius 3 is 2.50 bits per heavy atom. The fourth-order valence-corrected chi connectivity index (χ4v) is 2.98. The molecule has 2 N–H and O–H groups in total. The Labute approximate surface area is 97.0 Å². The Bertz CT molecular complexity index is 389. The van der Waals surface area contributed by atoms with E-state index >= 15 is 0 Å². The topological polar surface area (TPSA) is 49.3 Å². The van der Waals surface area contributed by atoms with E-state index < -0.39 is 5.97 Å². The van der Waals surface area contributed by atoms with Gasteiger partial charge in [-0.25, -0.2) is 4.39 Å². The summed E-state index contributed by atoms with van der Waals surface area (Å²) in [4.78, 5) is 11.7. The van der Waals surface area contributed by atoms with Gasteiger partial charge in [0.15, 0.2) is 0 Å². The minimum absolute atomic E-state index is 0.127. The molecule has 5 heteroatoms. The Hall–Kier alpha value is -1.07. The van der Waals surface area contributed by atoms with Gasteiger partial charge in [-0.1, -0.05) is 0 Å². The van der Waals surface area contributed by atoms with E-state index in [0.717, 1.165) is 4.90 Å². The van der Waals surface area contributed by atoms with E-state index in [2.05, 4.69) is 5.32 Å². The third-order valence-corrected chi connectivity index (χ3v) is 3.89. The summed E-state index contributed by atoms with van der Waals surface area (Å²) in [5, 5.41) is 11.9. The fraction of sp³-hybridized carbons (Fsp3) is 0.364. The number of carboxylic acids is 1. The number of carboxylic acid groups (broad SMARTS) is 1. The molecule has 1 aromatic rings. The molecule has 0 unspecified atom stereocenters. The molecular formula is C11H12FNO2S. The predicted molar refractivity (Wildman–Crippen MR) is 60.1 cm³/mol. The molecule has 1 fully saturated rings. The monoisotopic (exact) mass is 241 g/mol. The number of carbonyl (C=O) groups is 1. The summed E-state index contributed by atoms with van der Waals surface area (Å²) in [6.07, 6.45) is 0.127. The summed E-state index contributed by atoms with van der Waals surface area (Å²) < 4.78 is 12.4. The molecule has 1 saturated heterocycles. The van der Waals surface area contributed by atoms with Crippen LogP contribution in [0.2, 0.25) is 0 Å². The lowest BCUT2D eigenvalue weighted by Crippen LogP contribution is -2.57. The van der Waals surface area contributed by atoms with Crippen molar-refractivity contribution in [2.45, 2.75) is 16.1 Å². The average molecular weight is 241 g/mol. The van der Waals surface area contributed by atoms with Crippen LogP contribution in [0.3, 0.4) is 0 Å². The van der Waals surface area contributed by atoms with Gasteiger partial charge < -0.3 is 10.4 Å². The smallest absolute Gasteiger partial charge is 0.304 e. The maximum Gasteiger partial charge on any atom is 0.304 e. The summed E-state index contributed by atoms with van der Waals surface area (Å²) >= 11 is 1.50. The van der Waals surface area contributed by atoms with Crippen molar-refractivity contribution in [3.05, 3.63) is 30.1 Å². The van der Waals surface area contributed by atoms with Crippen LogP contribution >= 0.6 is 11.8 Å². The van der Waals surface area contributed by atoms with Crippen LogP contribution < -0.4 is 5.32 Å². The van der Waals surface area contributed by atoms with Crippen molar-refractivity contribution in [1.82, 2.24) is 5.32 Å². The van der Waals surface area contributed by atoms with Crippen LogP contribution in [0.4, 0.5) is 4.39 Å². The quantitative estimate of drug-likeness (QED) is 0.843. The Morgan fingerprint density at radius 1 is 1.44 bits per heavy atom. The lowest BCUT2D eigenvalue weighted by atomic mass is 9.98. The van der Waals surface area contributed by atoms with E-state index in [1.807, 2.05) is 0 Å². The van der Waals surface area contributed by atoms with E-state index in [4.69, 9.17) is 5.11 Å². The van der Waals surface area contributed by atoms with Crippen molar-refractivity contribution in [2.24, 2.45) is 0 Å². The highest BCUT2D eigenvalue weighted by Gasteiger charge is 2.40. The van der Waals surface area contributed by atoms with Crippen LogP contribution in [0.5, 0.6) is 0 Å². The Kier molecular flexibility index (Phi) is 3.16. The van der Waals surface area contributed by atoms with Gasteiger partial charge in [-0.2, -0.15) is 0 Å². The van der Waals surface area contributed by atoms with Gasteiger partial charge in [0.25, 0.3) is 0 Å². The normalized spacial score (nSPS) is 17.8. The first-order valence-electron chi connectivity index (χ1n) is 4.97. The minimum atomic E-state index is -0.795. The molecule has 1 aromatic carbocycles. The Morgan fingerprint density at radius 2 is 2.06 bits per heavy atom. The summed E-state index contributed by atoms with van der Waals surface area (Å²) in [6, 6.07) is 6.15. The van der Waals surface area contributed by atoms with Crippen LogP contribution in [0.25, 0.3) is 0 Å². The van der Waals surface area contributed by atoms with E-state index in [1.165, 1.54) is 23.9 Å². The standard InChI is InChI=1S/C11H12FNO2S/c12-8-1-3-9(4-2-8)16-11(5-10(14)15)6-13-7-11/h1-4,13H,5-7H2,(H,14,15). The largest absolute Gasteiger partial charge is 0.481 e. The van der Waals surface area contributed by atoms with Crippen molar-refractivity contribution in [3.63, 3.8) is 0 Å². The number of rotatable bonds is 4. The molecule has 86 valence electrons. The molecule has 0 spiro atoms. The van der Waals surface area contributed by atoms with Gasteiger partial charge in [0, 0.05) is 18.0 Å². The van der Waals surface area contributed by atoms with E-state index in [0.29, 0.717) is 13.1 Å². The lowest BCUT2D eigenvalue weighted by molar-refractivity contribution is -0.138. The Balaban J connectivity index is 2.06. The molecule has 0 atom stereocenters. The number of hydrogen-bond donors (Lipinski definition) is 2. The van der Waals surface area contributed by atoms with Gasteiger partial charge in [-0.05, 0) is 24.3 Å². The van der Waals surface area contributed by atoms with E-state index in [-0.39, 0.29) is 17.0 Å². The second-order valence-electron chi connectivity index (χ2n) is 3.91. The zero-order valence-corrected chi connectivity index (χ0v) is 9.39. The van der Waals surface area contributed by atoms with Gasteiger partial charge in [-0.15, -0.1) is 11.8 Å². The highest BCUT2D eigenvalue weighted by molar-refractivity contribution is 8.00. The first kappa shape index (κ1) is 11.4. The highest BCUT2D eigenvalue weighted by Crippen LogP contribution is 2.38. The number of nitrogens with one attached hydrogen (secondary N) is 1. The molecule has 0 bridgehead atoms. The van der Waals surface area contributed by atoms with Crippen LogP contribution in [0, 0.1) is 5.82 Å². The van der Waals surface area contributed by atoms with Crippen molar-refractivity contribution < 1.29 is 14.3 Å². The molecular weight excluding hydrogens is 229 g/mol. The average Bonchev–Trinajstić information content (AvgIpc) is 2.17. The number of aliphatic carboxylic acids is 1. The van der Waals surface area contributed by atoms with Gasteiger partial charge >= 0.3 is 5.97 Å². The van der Waals surface area contributed by atoms with Gasteiger partial charge in [-0.3, -0.25) is 4.79 Å². The van der Waals surface area contributed by atoms with Crippen molar-refractivity contribution in [3.8, 4) is 0 Å². The van der Waals surface area contributed by atoms with E-state index in [9.17, 15) is 9.18 Å². The first-order chi connectivity index (χ1) is 7.60. The number of hydrogen-bond acceptors (Lipinski definition) is 3. The second-order valence-corrected chi connectivity index (χ2v) is 5.45. The number of thioether (sulfide) groups is 1. The molecule has 0 radical (unpaired) electrons. The predicted octanol–water partition coefficient (Wildman–Crippen LogP) is 1.73. The molecule has 1 aliphatic heterocycles. The number of halogens is 1. The second kappa shape index (κ2) is 4.43. The third kappa shape index (κ3) is 2.54. The van der Waals surface area contributed by atoms with Crippen molar-refractivity contribution >= 4 is 17.7 Å². The van der Waals surface area contributed by atoms with E-state index in [1.54, 1.807) is 12.1 Å². The van der Waals surface area contributed by atoms with Crippen LogP contribution in [-0.4, -0.2) is 28.9 Å². The maximum atomic E-state index is 12.7. The molecule has 0 amide bonds. The lowest BCUT2D eigenvalue weighted by Gasteiger charge is -2.40. The van der Waals surface area contributed by atoms with Crippen molar-refractivity contribution in [2.75, 3.05) is 13.1 Å². The molecule has 1 heterocycles. The summed E-state index contributed by atoms with van der Waals surface area (Å²) in [7, 11) is 0. The van der Waals surface area contributed by atoms with Crippen LogP contribution in [0.1, 0.15) is 6.42 Å². The molecule has 1 aliphatic rings. The molecule has 0 aromatic heterocycles. The molecule has 3 nitrogen and oxygen atoms in total. The number of benzene rings is 1. The first-order valence-corrected chi connectivity index (χ1v) is 5.78. The third-order valence-electron chi connectivity index (χ3n) is 2.52. The van der Waals surface area contributed by atoms with Crippen molar-refractivity contribution in [1.29, 1.82) is 0 Å². The molecule has 16 heavy (non-hydrogen) atoms. The highest BCUT2D eigenvalue weighted by atomic mass is 32.2. The zero-order chi connectivity index (χ0) is 11.6. The van der Waals surface area contributed by atoms with Gasteiger partial charge in [0.05, 0.1) is 11.2 Å². The molecule has 0 saturated carbocycles. The SMILES string of the molecule is O=C(O)CC1(Sc2ccc(F)cc2)CNC1. The van der Waals surface area contributed by atoms with Gasteiger partial charge in [0.2, 0.25) is 0 Å². The van der Waals surface area contributed by atoms with Crippen LogP contribution in [0.15, 0.2) is 29.2 Å². The fourth-order valence-electron chi connectivity index (χ4n) is 1.67. The van der Waals surface area contributed by atoms with Crippen LogP contribution in [-0.2, 0) is 4.79 Å². The summed E-state index contributed by atoms with van der Waals surface area (Å²) in [5.41, 5.74) is 0. The summed E-state index contributed by atoms with van der Waals surface area (Å²) in [5.74, 6) is -1.07. The summed E-state index contributed by atoms with van der Waals surface area (Å²) in [6.45, 7) is 1.36. The van der Waals surface area contributed by atoms with Gasteiger partial charge in [0.1, 0.15) is 5.82 Å². The zero-order valence-electron chi connectivity index (χ0n) is 8.57. The minimum Gasteiger partial charge on any atom is -0.481 e.